The van der Waals surface area contributed by atoms with Crippen LogP contribution < -0.4 is 5.32 Å². The van der Waals surface area contributed by atoms with Crippen molar-refractivity contribution in [2.24, 2.45) is 0 Å². The molecule has 1 amide bonds. The van der Waals surface area contributed by atoms with Crippen LogP contribution in [0.3, 0.4) is 0 Å². The molecule has 0 spiro atoms. The third-order valence-corrected chi connectivity index (χ3v) is 5.06. The van der Waals surface area contributed by atoms with Crippen LogP contribution in [0.1, 0.15) is 30.6 Å². The fourth-order valence-electron chi connectivity index (χ4n) is 2.19. The number of benzene rings is 2. The van der Waals surface area contributed by atoms with Crippen LogP contribution >= 0.6 is 23.4 Å². The van der Waals surface area contributed by atoms with Crippen LogP contribution in [-0.2, 0) is 9.53 Å². The average molecular weight is 378 g/mol. The fourth-order valence-corrected chi connectivity index (χ4v) is 3.27. The van der Waals surface area contributed by atoms with Crippen LogP contribution in [0.2, 0.25) is 5.02 Å². The van der Waals surface area contributed by atoms with Gasteiger partial charge in [0.2, 0.25) is 5.91 Å². The zero-order valence-electron chi connectivity index (χ0n) is 14.1. The van der Waals surface area contributed by atoms with E-state index in [1.54, 1.807) is 43.3 Å². The van der Waals surface area contributed by atoms with Gasteiger partial charge in [-0.05, 0) is 49.7 Å². The summed E-state index contributed by atoms with van der Waals surface area (Å²) in [6.07, 6.45) is 0.653. The maximum absolute atomic E-state index is 12.6. The predicted molar refractivity (Wildman–Crippen MR) is 102 cm³/mol. The van der Waals surface area contributed by atoms with Crippen molar-refractivity contribution in [1.29, 1.82) is 0 Å². The second kappa shape index (κ2) is 9.49. The first-order chi connectivity index (χ1) is 12.0. The van der Waals surface area contributed by atoms with Gasteiger partial charge in [-0.2, -0.15) is 0 Å². The normalized spacial score (nSPS) is 11.6. The number of para-hydroxylation sites is 1. The van der Waals surface area contributed by atoms with E-state index in [1.807, 2.05) is 19.1 Å². The molecule has 0 aromatic heterocycles. The molecule has 1 atom stereocenters. The molecule has 2 rings (SSSR count). The molecule has 0 aliphatic heterocycles. The van der Waals surface area contributed by atoms with Crippen LogP contribution in [0.25, 0.3) is 0 Å². The van der Waals surface area contributed by atoms with E-state index in [-0.39, 0.29) is 17.8 Å². The van der Waals surface area contributed by atoms with Crippen LogP contribution in [-0.4, -0.2) is 23.7 Å². The molecule has 6 heteroatoms. The second-order valence-electron chi connectivity index (χ2n) is 5.22. The number of ether oxygens (including phenoxy) is 1. The molecule has 132 valence electrons. The Hall–Kier alpha value is -1.98. The van der Waals surface area contributed by atoms with Crippen molar-refractivity contribution in [3.8, 4) is 0 Å². The Balaban J connectivity index is 2.11. The van der Waals surface area contributed by atoms with E-state index < -0.39 is 5.97 Å². The number of hydrogen-bond donors (Lipinski definition) is 1. The highest BCUT2D eigenvalue weighted by Gasteiger charge is 2.20. The maximum atomic E-state index is 12.6. The molecule has 0 fully saturated rings. The molecular weight excluding hydrogens is 358 g/mol. The molecule has 0 saturated heterocycles. The highest BCUT2D eigenvalue weighted by molar-refractivity contribution is 8.00. The number of amides is 1. The van der Waals surface area contributed by atoms with E-state index in [1.165, 1.54) is 11.8 Å². The number of carbonyl (C=O) groups is 2. The maximum Gasteiger partial charge on any atom is 0.340 e. The zero-order chi connectivity index (χ0) is 18.2. The highest BCUT2D eigenvalue weighted by Crippen LogP contribution is 2.28. The first kappa shape index (κ1) is 19.3. The van der Waals surface area contributed by atoms with Gasteiger partial charge in [-0.3, -0.25) is 4.79 Å². The standard InChI is InChI=1S/C19H20ClNO3S/c1-3-17(25-14-11-9-13(20)10-12-14)18(22)21-16-8-6-5-7-15(16)19(23)24-4-2/h5-12,17H,3-4H2,1-2H3,(H,21,22)/t17-/m1/s1. The van der Waals surface area contributed by atoms with Crippen molar-refractivity contribution in [2.45, 2.75) is 30.4 Å². The number of thioether (sulfide) groups is 1. The molecule has 0 radical (unpaired) electrons. The Morgan fingerprint density at radius 1 is 1.12 bits per heavy atom. The van der Waals surface area contributed by atoms with Crippen molar-refractivity contribution in [1.82, 2.24) is 0 Å². The van der Waals surface area contributed by atoms with Crippen molar-refractivity contribution < 1.29 is 14.3 Å². The van der Waals surface area contributed by atoms with Gasteiger partial charge in [0.05, 0.1) is 23.1 Å². The smallest absolute Gasteiger partial charge is 0.340 e. The number of nitrogens with one attached hydrogen (secondary N) is 1. The summed E-state index contributed by atoms with van der Waals surface area (Å²) in [7, 11) is 0. The van der Waals surface area contributed by atoms with E-state index >= 15 is 0 Å². The van der Waals surface area contributed by atoms with Crippen LogP contribution in [0.15, 0.2) is 53.4 Å². The Bertz CT molecular complexity index is 734. The molecule has 25 heavy (non-hydrogen) atoms. The van der Waals surface area contributed by atoms with Crippen LogP contribution in [0, 0.1) is 0 Å². The summed E-state index contributed by atoms with van der Waals surface area (Å²) in [4.78, 5) is 25.6. The van der Waals surface area contributed by atoms with Gasteiger partial charge in [-0.1, -0.05) is 30.7 Å². The Labute approximate surface area is 156 Å². The molecule has 1 N–H and O–H groups in total. The minimum absolute atomic E-state index is 0.154. The largest absolute Gasteiger partial charge is 0.462 e. The molecule has 0 unspecified atom stereocenters. The number of rotatable bonds is 7. The third kappa shape index (κ3) is 5.51. The number of hydrogen-bond acceptors (Lipinski definition) is 4. The number of anilines is 1. The monoisotopic (exact) mass is 377 g/mol. The lowest BCUT2D eigenvalue weighted by atomic mass is 10.1. The number of carbonyl (C=O) groups excluding carboxylic acids is 2. The van der Waals surface area contributed by atoms with Crippen LogP contribution in [0.5, 0.6) is 0 Å². The summed E-state index contributed by atoms with van der Waals surface area (Å²) < 4.78 is 5.04. The first-order valence-electron chi connectivity index (χ1n) is 8.04. The van der Waals surface area contributed by atoms with Gasteiger partial charge in [0.1, 0.15) is 0 Å². The van der Waals surface area contributed by atoms with E-state index in [2.05, 4.69) is 5.32 Å². The van der Waals surface area contributed by atoms with Gasteiger partial charge < -0.3 is 10.1 Å². The van der Waals surface area contributed by atoms with Crippen molar-refractivity contribution in [3.05, 3.63) is 59.1 Å². The van der Waals surface area contributed by atoms with E-state index in [4.69, 9.17) is 16.3 Å². The molecule has 2 aromatic rings. The minimum Gasteiger partial charge on any atom is -0.462 e. The van der Waals surface area contributed by atoms with Crippen molar-refractivity contribution >= 4 is 40.9 Å². The summed E-state index contributed by atoms with van der Waals surface area (Å²) in [6.45, 7) is 3.98. The van der Waals surface area contributed by atoms with E-state index in [0.717, 1.165) is 4.90 Å². The molecule has 0 aliphatic carbocycles. The minimum atomic E-state index is -0.447. The summed E-state index contributed by atoms with van der Waals surface area (Å²) >= 11 is 7.35. The fraction of sp³-hybridized carbons (Fsp3) is 0.263. The molecule has 4 nitrogen and oxygen atoms in total. The molecular formula is C19H20ClNO3S. The Morgan fingerprint density at radius 2 is 1.80 bits per heavy atom. The lowest BCUT2D eigenvalue weighted by Crippen LogP contribution is -2.25. The predicted octanol–water partition coefficient (Wildman–Crippen LogP) is 5.03. The first-order valence-corrected chi connectivity index (χ1v) is 9.30. The molecule has 2 aromatic carbocycles. The molecule has 0 aliphatic rings. The van der Waals surface area contributed by atoms with Crippen molar-refractivity contribution in [3.63, 3.8) is 0 Å². The Morgan fingerprint density at radius 3 is 2.44 bits per heavy atom. The second-order valence-corrected chi connectivity index (χ2v) is 6.94. The average Bonchev–Trinajstić information content (AvgIpc) is 2.61. The lowest BCUT2D eigenvalue weighted by molar-refractivity contribution is -0.115. The number of halogens is 1. The lowest BCUT2D eigenvalue weighted by Gasteiger charge is -2.16. The zero-order valence-corrected chi connectivity index (χ0v) is 15.7. The summed E-state index contributed by atoms with van der Waals surface area (Å²) in [5, 5.41) is 3.22. The van der Waals surface area contributed by atoms with E-state index in [0.29, 0.717) is 22.7 Å². The SMILES string of the molecule is CCOC(=O)c1ccccc1NC(=O)[C@@H](CC)Sc1ccc(Cl)cc1. The highest BCUT2D eigenvalue weighted by atomic mass is 35.5. The van der Waals surface area contributed by atoms with Gasteiger partial charge in [-0.15, -0.1) is 11.8 Å². The van der Waals surface area contributed by atoms with Crippen molar-refractivity contribution in [2.75, 3.05) is 11.9 Å². The van der Waals surface area contributed by atoms with Crippen LogP contribution in [0.4, 0.5) is 5.69 Å². The quantitative estimate of drug-likeness (QED) is 0.543. The molecule has 0 bridgehead atoms. The van der Waals surface area contributed by atoms with Gasteiger partial charge >= 0.3 is 5.97 Å². The molecule has 0 saturated carbocycles. The third-order valence-electron chi connectivity index (χ3n) is 3.44. The summed E-state index contributed by atoms with van der Waals surface area (Å²) in [5.74, 6) is -0.601. The summed E-state index contributed by atoms with van der Waals surface area (Å²) in [6, 6.07) is 14.2. The number of esters is 1. The van der Waals surface area contributed by atoms with Gasteiger partial charge in [0, 0.05) is 9.92 Å². The van der Waals surface area contributed by atoms with Gasteiger partial charge in [-0.25, -0.2) is 4.79 Å². The molecule has 0 heterocycles. The van der Waals surface area contributed by atoms with Gasteiger partial charge in [0.15, 0.2) is 0 Å². The Kier molecular flexibility index (Phi) is 7.34. The van der Waals surface area contributed by atoms with E-state index in [9.17, 15) is 9.59 Å². The van der Waals surface area contributed by atoms with Gasteiger partial charge in [0.25, 0.3) is 0 Å². The topological polar surface area (TPSA) is 55.4 Å². The summed E-state index contributed by atoms with van der Waals surface area (Å²) in [5.41, 5.74) is 0.810.